The van der Waals surface area contributed by atoms with Crippen molar-refractivity contribution in [3.8, 4) is 0 Å². The van der Waals surface area contributed by atoms with Crippen molar-refractivity contribution in [3.63, 3.8) is 0 Å². The van der Waals surface area contributed by atoms with Crippen LogP contribution in [0.5, 0.6) is 0 Å². The Morgan fingerprint density at radius 2 is 2.05 bits per heavy atom. The highest BCUT2D eigenvalue weighted by Crippen LogP contribution is 2.61. The highest BCUT2D eigenvalue weighted by Gasteiger charge is 2.51. The van der Waals surface area contributed by atoms with Gasteiger partial charge < -0.3 is 4.74 Å². The molecule has 2 nitrogen and oxygen atoms in total. The van der Waals surface area contributed by atoms with Crippen molar-refractivity contribution in [2.24, 2.45) is 23.2 Å². The van der Waals surface area contributed by atoms with E-state index in [0.717, 1.165) is 18.3 Å². The summed E-state index contributed by atoms with van der Waals surface area (Å²) >= 11 is 0. The quantitative estimate of drug-likeness (QED) is 0.650. The molecule has 0 aromatic carbocycles. The van der Waals surface area contributed by atoms with E-state index in [-0.39, 0.29) is 0 Å². The Morgan fingerprint density at radius 3 is 2.86 bits per heavy atom. The largest absolute Gasteiger partial charge is 0.504 e. The standard InChI is InChI=1S/C20H28O2/c1-20-8-3-4-18(20)16-6-5-13-10-15(21)11-14(12-22-2)19(13)17(16)7-9-20/h12,16-18H,3-11H2,1-2H3/t16-,17+,18+,20+/m1/s1. The lowest BCUT2D eigenvalue weighted by Crippen LogP contribution is -2.42. The average molecular weight is 300 g/mol. The number of ether oxygens (including phenoxy) is 1. The number of carbonyl (C=O) groups excluding carboxylic acids is 1. The van der Waals surface area contributed by atoms with Crippen molar-refractivity contribution in [1.29, 1.82) is 0 Å². The highest BCUT2D eigenvalue weighted by molar-refractivity contribution is 5.87. The van der Waals surface area contributed by atoms with Crippen LogP contribution in [0.3, 0.4) is 0 Å². The van der Waals surface area contributed by atoms with Crippen molar-refractivity contribution in [1.82, 2.24) is 0 Å². The summed E-state index contributed by atoms with van der Waals surface area (Å²) in [7, 11) is 1.71. The number of hydrogen-bond donors (Lipinski definition) is 0. The van der Waals surface area contributed by atoms with E-state index in [4.69, 9.17) is 4.74 Å². The van der Waals surface area contributed by atoms with Crippen LogP contribution in [0.4, 0.5) is 0 Å². The van der Waals surface area contributed by atoms with Gasteiger partial charge in [0.1, 0.15) is 5.78 Å². The minimum absolute atomic E-state index is 0.377. The van der Waals surface area contributed by atoms with Crippen molar-refractivity contribution in [2.45, 2.75) is 64.7 Å². The van der Waals surface area contributed by atoms with E-state index >= 15 is 0 Å². The third-order valence-electron chi connectivity index (χ3n) is 7.15. The molecule has 0 radical (unpaired) electrons. The first-order valence-corrected chi connectivity index (χ1v) is 9.08. The van der Waals surface area contributed by atoms with Crippen LogP contribution in [0.15, 0.2) is 23.0 Å². The molecular weight excluding hydrogens is 272 g/mol. The first-order valence-electron chi connectivity index (χ1n) is 9.08. The second kappa shape index (κ2) is 5.25. The third-order valence-corrected chi connectivity index (χ3v) is 7.15. The van der Waals surface area contributed by atoms with Crippen LogP contribution in [-0.2, 0) is 9.53 Å². The molecule has 0 amide bonds. The van der Waals surface area contributed by atoms with Gasteiger partial charge in [0.25, 0.3) is 0 Å². The number of hydrogen-bond acceptors (Lipinski definition) is 2. The minimum atomic E-state index is 0.377. The molecule has 0 heterocycles. The molecule has 2 fully saturated rings. The van der Waals surface area contributed by atoms with Crippen LogP contribution >= 0.6 is 0 Å². The number of carbonyl (C=O) groups is 1. The summed E-state index contributed by atoms with van der Waals surface area (Å²) in [6.07, 6.45) is 12.6. The predicted molar refractivity (Wildman–Crippen MR) is 87.3 cm³/mol. The molecule has 2 saturated carbocycles. The molecule has 0 bridgehead atoms. The molecule has 0 N–H and O–H groups in total. The average Bonchev–Trinajstić information content (AvgIpc) is 2.88. The summed E-state index contributed by atoms with van der Waals surface area (Å²) in [5.41, 5.74) is 4.80. The van der Waals surface area contributed by atoms with Crippen LogP contribution < -0.4 is 0 Å². The van der Waals surface area contributed by atoms with E-state index in [1.807, 2.05) is 6.26 Å². The lowest BCUT2D eigenvalue weighted by molar-refractivity contribution is -0.118. The first-order chi connectivity index (χ1) is 10.6. The number of methoxy groups -OCH3 is 1. The summed E-state index contributed by atoms with van der Waals surface area (Å²) in [5, 5.41) is 0. The Balaban J connectivity index is 1.72. The zero-order valence-corrected chi connectivity index (χ0v) is 14.0. The minimum Gasteiger partial charge on any atom is -0.504 e. The number of rotatable bonds is 1. The summed E-state index contributed by atoms with van der Waals surface area (Å²) in [6.45, 7) is 2.54. The molecule has 0 aromatic heterocycles. The van der Waals surface area contributed by atoms with Crippen molar-refractivity contribution in [3.05, 3.63) is 23.0 Å². The van der Waals surface area contributed by atoms with E-state index in [2.05, 4.69) is 6.92 Å². The second-order valence-electron chi connectivity index (χ2n) is 8.29. The van der Waals surface area contributed by atoms with E-state index in [1.54, 1.807) is 12.7 Å². The highest BCUT2D eigenvalue weighted by atomic mass is 16.5. The number of allylic oxidation sites excluding steroid dienone is 3. The normalized spacial score (nSPS) is 42.9. The molecule has 4 rings (SSSR count). The van der Waals surface area contributed by atoms with Crippen LogP contribution in [-0.4, -0.2) is 12.9 Å². The van der Waals surface area contributed by atoms with Crippen molar-refractivity contribution < 1.29 is 9.53 Å². The third kappa shape index (κ3) is 2.10. The molecule has 2 heteroatoms. The van der Waals surface area contributed by atoms with E-state index in [9.17, 15) is 4.79 Å². The van der Waals surface area contributed by atoms with Gasteiger partial charge in [0.15, 0.2) is 0 Å². The number of fused-ring (bicyclic) bond motifs is 4. The van der Waals surface area contributed by atoms with Gasteiger partial charge in [-0.05, 0) is 72.8 Å². The molecule has 0 saturated heterocycles. The number of ketones is 1. The number of Topliss-reactive ketones (excluding diaryl/α,β-unsaturated/α-hetero) is 1. The summed E-state index contributed by atoms with van der Waals surface area (Å²) in [4.78, 5) is 12.1. The van der Waals surface area contributed by atoms with Crippen LogP contribution in [0.2, 0.25) is 0 Å². The fraction of sp³-hybridized carbons (Fsp3) is 0.750. The van der Waals surface area contributed by atoms with E-state index in [1.165, 1.54) is 49.7 Å². The van der Waals surface area contributed by atoms with E-state index in [0.29, 0.717) is 30.0 Å². The molecule has 0 unspecified atom stereocenters. The van der Waals surface area contributed by atoms with E-state index < -0.39 is 0 Å². The van der Waals surface area contributed by atoms with Gasteiger partial charge in [-0.15, -0.1) is 0 Å². The van der Waals surface area contributed by atoms with Gasteiger partial charge >= 0.3 is 0 Å². The van der Waals surface area contributed by atoms with Crippen LogP contribution in [0.25, 0.3) is 0 Å². The molecular formula is C20H28O2. The van der Waals surface area contributed by atoms with Gasteiger partial charge in [-0.2, -0.15) is 0 Å². The predicted octanol–water partition coefficient (Wildman–Crippen LogP) is 4.80. The topological polar surface area (TPSA) is 26.3 Å². The molecule has 0 aromatic rings. The fourth-order valence-electron chi connectivity index (χ4n) is 6.28. The van der Waals surface area contributed by atoms with Gasteiger partial charge in [0, 0.05) is 12.8 Å². The zero-order chi connectivity index (χ0) is 15.3. The summed E-state index contributed by atoms with van der Waals surface area (Å²) in [5.74, 6) is 2.85. The van der Waals surface area contributed by atoms with Crippen molar-refractivity contribution in [2.75, 3.05) is 7.11 Å². The molecule has 0 spiro atoms. The maximum atomic E-state index is 12.1. The summed E-state index contributed by atoms with van der Waals surface area (Å²) < 4.78 is 5.32. The molecule has 22 heavy (non-hydrogen) atoms. The summed E-state index contributed by atoms with van der Waals surface area (Å²) in [6, 6.07) is 0. The first kappa shape index (κ1) is 14.5. The Labute approximate surface area is 134 Å². The Bertz CT molecular complexity index is 556. The molecule has 4 aliphatic carbocycles. The van der Waals surface area contributed by atoms with Crippen LogP contribution in [0, 0.1) is 23.2 Å². The molecule has 120 valence electrons. The van der Waals surface area contributed by atoms with Gasteiger partial charge in [-0.3, -0.25) is 4.79 Å². The maximum absolute atomic E-state index is 12.1. The Kier molecular flexibility index (Phi) is 3.47. The van der Waals surface area contributed by atoms with Gasteiger partial charge in [0.2, 0.25) is 0 Å². The Hall–Kier alpha value is -1.05. The second-order valence-corrected chi connectivity index (χ2v) is 8.29. The lowest BCUT2D eigenvalue weighted by atomic mass is 9.54. The maximum Gasteiger partial charge on any atom is 0.141 e. The lowest BCUT2D eigenvalue weighted by Gasteiger charge is -2.50. The van der Waals surface area contributed by atoms with Gasteiger partial charge in [0.05, 0.1) is 13.4 Å². The molecule has 4 atom stereocenters. The Morgan fingerprint density at radius 1 is 1.18 bits per heavy atom. The zero-order valence-electron chi connectivity index (χ0n) is 14.0. The van der Waals surface area contributed by atoms with Crippen LogP contribution in [0.1, 0.15) is 64.7 Å². The fourth-order valence-corrected chi connectivity index (χ4v) is 6.28. The van der Waals surface area contributed by atoms with Gasteiger partial charge in [-0.1, -0.05) is 18.9 Å². The van der Waals surface area contributed by atoms with Gasteiger partial charge in [-0.25, -0.2) is 0 Å². The monoisotopic (exact) mass is 300 g/mol. The molecule has 4 aliphatic rings. The molecule has 0 aliphatic heterocycles. The van der Waals surface area contributed by atoms with Crippen molar-refractivity contribution >= 4 is 5.78 Å². The smallest absolute Gasteiger partial charge is 0.141 e. The SMILES string of the molecule is COC=C1CC(=O)CC2=C1[C@H]1CC[C@]3(C)CCC[C@H]3[C@@H]1CC2.